The summed E-state index contributed by atoms with van der Waals surface area (Å²) in [6.45, 7) is 3.20. The predicted octanol–water partition coefficient (Wildman–Crippen LogP) is 1.18. The van der Waals surface area contributed by atoms with Crippen molar-refractivity contribution in [2.24, 2.45) is 5.41 Å². The normalized spacial score (nSPS) is 19.8. The van der Waals surface area contributed by atoms with Crippen molar-refractivity contribution in [3.05, 3.63) is 0 Å². The van der Waals surface area contributed by atoms with Gasteiger partial charge in [0.2, 0.25) is 0 Å². The first-order valence-corrected chi connectivity index (χ1v) is 6.45. The molecule has 4 heteroatoms. The highest BCUT2D eigenvalue weighted by Crippen LogP contribution is 2.49. The Morgan fingerprint density at radius 2 is 1.92 bits per heavy atom. The molecule has 1 saturated carbocycles. The van der Waals surface area contributed by atoms with Crippen LogP contribution in [0.5, 0.6) is 0 Å². The summed E-state index contributed by atoms with van der Waals surface area (Å²) in [6.07, 6.45) is 2.28. The van der Waals surface area contributed by atoms with E-state index in [2.05, 4.69) is 0 Å². The van der Waals surface area contributed by atoms with Gasteiger partial charge in [0.25, 0.3) is 0 Å². The van der Waals surface area contributed by atoms with Gasteiger partial charge in [-0.1, -0.05) is 6.92 Å². The zero-order valence-electron chi connectivity index (χ0n) is 8.17. The van der Waals surface area contributed by atoms with Crippen molar-refractivity contribution in [3.63, 3.8) is 0 Å². The van der Waals surface area contributed by atoms with E-state index in [1.54, 1.807) is 13.8 Å². The standard InChI is InChI=1S/C9H16O3S/c1-3-13(11,12)7-6-9(4-5-9)8(2)10/h3-7H2,1-2H3. The largest absolute Gasteiger partial charge is 0.299 e. The minimum absolute atomic E-state index is 0.152. The van der Waals surface area contributed by atoms with Gasteiger partial charge in [-0.2, -0.15) is 0 Å². The fourth-order valence-corrected chi connectivity index (χ4v) is 2.41. The van der Waals surface area contributed by atoms with Crippen molar-refractivity contribution >= 4 is 15.6 Å². The number of carbonyl (C=O) groups excluding carboxylic acids is 1. The first-order chi connectivity index (χ1) is 5.92. The van der Waals surface area contributed by atoms with Gasteiger partial charge in [0.1, 0.15) is 15.6 Å². The van der Waals surface area contributed by atoms with Gasteiger partial charge in [0.15, 0.2) is 0 Å². The van der Waals surface area contributed by atoms with Crippen molar-refractivity contribution in [1.82, 2.24) is 0 Å². The molecule has 0 aliphatic heterocycles. The highest BCUT2D eigenvalue weighted by molar-refractivity contribution is 7.91. The Balaban J connectivity index is 2.48. The fourth-order valence-electron chi connectivity index (χ4n) is 1.42. The number of sulfone groups is 1. The Morgan fingerprint density at radius 3 is 2.23 bits per heavy atom. The average molecular weight is 204 g/mol. The van der Waals surface area contributed by atoms with Crippen LogP contribution in [0.3, 0.4) is 0 Å². The molecule has 1 rings (SSSR count). The number of carbonyl (C=O) groups is 1. The van der Waals surface area contributed by atoms with Gasteiger partial charge in [-0.05, 0) is 26.2 Å². The van der Waals surface area contributed by atoms with E-state index in [1.165, 1.54) is 0 Å². The Kier molecular flexibility index (Phi) is 2.80. The highest BCUT2D eigenvalue weighted by atomic mass is 32.2. The van der Waals surface area contributed by atoms with Crippen LogP contribution in [0.25, 0.3) is 0 Å². The topological polar surface area (TPSA) is 51.2 Å². The number of Topliss-reactive ketones (excluding diaryl/α,β-unsaturated/α-hetero) is 1. The zero-order chi connectivity index (χ0) is 10.1. The minimum Gasteiger partial charge on any atom is -0.299 e. The van der Waals surface area contributed by atoms with Crippen molar-refractivity contribution < 1.29 is 13.2 Å². The second-order valence-electron chi connectivity index (χ2n) is 3.82. The molecular formula is C9H16O3S. The molecule has 0 heterocycles. The van der Waals surface area contributed by atoms with Gasteiger partial charge in [-0.3, -0.25) is 4.79 Å². The smallest absolute Gasteiger partial charge is 0.150 e. The van der Waals surface area contributed by atoms with Gasteiger partial charge < -0.3 is 0 Å². The van der Waals surface area contributed by atoms with Gasteiger partial charge in [-0.25, -0.2) is 8.42 Å². The summed E-state index contributed by atoms with van der Waals surface area (Å²) in [5.41, 5.74) is -0.262. The van der Waals surface area contributed by atoms with Crippen LogP contribution < -0.4 is 0 Å². The Labute approximate surface area is 79.4 Å². The van der Waals surface area contributed by atoms with Crippen molar-refractivity contribution in [1.29, 1.82) is 0 Å². The molecule has 0 N–H and O–H groups in total. The SMILES string of the molecule is CCS(=O)(=O)CCC1(C(C)=O)CC1. The molecule has 0 radical (unpaired) electrons. The number of hydrogen-bond acceptors (Lipinski definition) is 3. The van der Waals surface area contributed by atoms with Crippen LogP contribution in [-0.4, -0.2) is 25.7 Å². The monoisotopic (exact) mass is 204 g/mol. The summed E-state index contributed by atoms with van der Waals surface area (Å²) in [5, 5.41) is 0. The molecule has 0 saturated heterocycles. The molecule has 3 nitrogen and oxygen atoms in total. The fraction of sp³-hybridized carbons (Fsp3) is 0.889. The molecule has 1 aliphatic carbocycles. The maximum Gasteiger partial charge on any atom is 0.150 e. The van der Waals surface area contributed by atoms with Gasteiger partial charge in [0, 0.05) is 11.2 Å². The Morgan fingerprint density at radius 1 is 1.38 bits per heavy atom. The van der Waals surface area contributed by atoms with Crippen LogP contribution >= 0.6 is 0 Å². The highest BCUT2D eigenvalue weighted by Gasteiger charge is 2.47. The zero-order valence-corrected chi connectivity index (χ0v) is 8.99. The summed E-state index contributed by atoms with van der Waals surface area (Å²) >= 11 is 0. The molecule has 0 aromatic heterocycles. The molecule has 1 aliphatic rings. The molecule has 0 aromatic carbocycles. The lowest BCUT2D eigenvalue weighted by Gasteiger charge is -2.09. The molecule has 0 aromatic rings. The minimum atomic E-state index is -2.90. The van der Waals surface area contributed by atoms with E-state index < -0.39 is 9.84 Å². The van der Waals surface area contributed by atoms with Crippen molar-refractivity contribution in [3.8, 4) is 0 Å². The molecular weight excluding hydrogens is 188 g/mol. The summed E-state index contributed by atoms with van der Waals surface area (Å²) in [5.74, 6) is 0.503. The lowest BCUT2D eigenvalue weighted by molar-refractivity contribution is -0.122. The quantitative estimate of drug-likeness (QED) is 0.675. The third-order valence-electron chi connectivity index (χ3n) is 2.93. The molecule has 0 unspecified atom stereocenters. The summed E-state index contributed by atoms with van der Waals surface area (Å²) in [7, 11) is -2.90. The molecule has 0 atom stereocenters. The number of hydrogen-bond donors (Lipinski definition) is 0. The average Bonchev–Trinajstić information content (AvgIpc) is 2.82. The van der Waals surface area contributed by atoms with E-state index in [9.17, 15) is 13.2 Å². The van der Waals surface area contributed by atoms with E-state index in [0.717, 1.165) is 12.8 Å². The lowest BCUT2D eigenvalue weighted by Crippen LogP contribution is -2.18. The maximum atomic E-state index is 11.2. The summed E-state index contributed by atoms with van der Waals surface area (Å²) < 4.78 is 22.4. The molecule has 76 valence electrons. The Bertz CT molecular complexity index is 299. The van der Waals surface area contributed by atoms with E-state index in [-0.39, 0.29) is 22.7 Å². The van der Waals surface area contributed by atoms with Crippen LogP contribution in [0.15, 0.2) is 0 Å². The molecule has 0 bridgehead atoms. The van der Waals surface area contributed by atoms with Crippen molar-refractivity contribution in [2.75, 3.05) is 11.5 Å². The molecule has 13 heavy (non-hydrogen) atoms. The third-order valence-corrected chi connectivity index (χ3v) is 4.64. The molecule has 0 spiro atoms. The van der Waals surface area contributed by atoms with Gasteiger partial charge >= 0.3 is 0 Å². The summed E-state index contributed by atoms with van der Waals surface area (Å²) in [6, 6.07) is 0. The van der Waals surface area contributed by atoms with E-state index in [4.69, 9.17) is 0 Å². The maximum absolute atomic E-state index is 11.2. The lowest BCUT2D eigenvalue weighted by atomic mass is 9.99. The predicted molar refractivity (Wildman–Crippen MR) is 51.3 cm³/mol. The van der Waals surface area contributed by atoms with Crippen LogP contribution in [-0.2, 0) is 14.6 Å². The van der Waals surface area contributed by atoms with E-state index >= 15 is 0 Å². The first kappa shape index (κ1) is 10.7. The molecule has 0 amide bonds. The molecule has 1 fully saturated rings. The van der Waals surface area contributed by atoms with Crippen LogP contribution in [0.2, 0.25) is 0 Å². The van der Waals surface area contributed by atoms with E-state index in [1.807, 2.05) is 0 Å². The van der Waals surface area contributed by atoms with Crippen molar-refractivity contribution in [2.45, 2.75) is 33.1 Å². The number of ketones is 1. The second kappa shape index (κ2) is 3.40. The Hall–Kier alpha value is -0.380. The third kappa shape index (κ3) is 2.53. The first-order valence-electron chi connectivity index (χ1n) is 4.63. The number of rotatable bonds is 5. The van der Waals surface area contributed by atoms with Crippen LogP contribution in [0, 0.1) is 5.41 Å². The van der Waals surface area contributed by atoms with Crippen LogP contribution in [0.4, 0.5) is 0 Å². The van der Waals surface area contributed by atoms with Crippen LogP contribution in [0.1, 0.15) is 33.1 Å². The second-order valence-corrected chi connectivity index (χ2v) is 6.30. The van der Waals surface area contributed by atoms with Gasteiger partial charge in [-0.15, -0.1) is 0 Å². The van der Waals surface area contributed by atoms with Gasteiger partial charge in [0.05, 0.1) is 5.75 Å². The summed E-state index contributed by atoms with van der Waals surface area (Å²) in [4.78, 5) is 11.1. The van der Waals surface area contributed by atoms with E-state index in [0.29, 0.717) is 6.42 Å².